The van der Waals surface area contributed by atoms with E-state index >= 15 is 0 Å². The van der Waals surface area contributed by atoms with Gasteiger partial charge in [-0.1, -0.05) is 6.07 Å². The minimum atomic E-state index is -0.845. The summed E-state index contributed by atoms with van der Waals surface area (Å²) in [4.78, 5) is 12.0. The lowest BCUT2D eigenvalue weighted by molar-refractivity contribution is 0.0989. The van der Waals surface area contributed by atoms with Gasteiger partial charge in [-0.15, -0.1) is 0 Å². The van der Waals surface area contributed by atoms with Crippen LogP contribution in [-0.4, -0.2) is 12.9 Å². The monoisotopic (exact) mass is 340 g/mol. The van der Waals surface area contributed by atoms with Gasteiger partial charge >= 0.3 is 0 Å². The standard InChI is InChI=1S/C15H11BrF2O2/c1-20-15-5-2-9(6-12(15)16)7-14(19)11-4-3-10(17)8-13(11)18/h2-6,8H,7H2,1H3. The first kappa shape index (κ1) is 14.7. The van der Waals surface area contributed by atoms with E-state index < -0.39 is 17.4 Å². The fourth-order valence-electron chi connectivity index (χ4n) is 1.82. The Morgan fingerprint density at radius 3 is 2.55 bits per heavy atom. The van der Waals surface area contributed by atoms with Gasteiger partial charge < -0.3 is 4.74 Å². The molecular weight excluding hydrogens is 330 g/mol. The van der Waals surface area contributed by atoms with Crippen LogP contribution < -0.4 is 4.74 Å². The second kappa shape index (κ2) is 6.13. The van der Waals surface area contributed by atoms with Crippen molar-refractivity contribution in [2.45, 2.75) is 6.42 Å². The molecule has 0 saturated heterocycles. The zero-order valence-electron chi connectivity index (χ0n) is 10.6. The highest BCUT2D eigenvalue weighted by Crippen LogP contribution is 2.26. The summed E-state index contributed by atoms with van der Waals surface area (Å²) in [5, 5.41) is 0. The molecule has 0 amide bonds. The molecule has 0 unspecified atom stereocenters. The molecule has 0 fully saturated rings. The van der Waals surface area contributed by atoms with Crippen LogP contribution in [0.5, 0.6) is 5.75 Å². The van der Waals surface area contributed by atoms with Gasteiger partial charge in [-0.25, -0.2) is 8.78 Å². The smallest absolute Gasteiger partial charge is 0.170 e. The first-order chi connectivity index (χ1) is 9.51. The van der Waals surface area contributed by atoms with Gasteiger partial charge in [0.1, 0.15) is 17.4 Å². The van der Waals surface area contributed by atoms with E-state index in [9.17, 15) is 13.6 Å². The summed E-state index contributed by atoms with van der Waals surface area (Å²) in [7, 11) is 1.54. The molecule has 2 rings (SSSR count). The number of hydrogen-bond acceptors (Lipinski definition) is 2. The van der Waals surface area contributed by atoms with Crippen molar-refractivity contribution >= 4 is 21.7 Å². The molecule has 0 aliphatic rings. The number of ether oxygens (including phenoxy) is 1. The Morgan fingerprint density at radius 2 is 1.95 bits per heavy atom. The van der Waals surface area contributed by atoms with E-state index in [1.807, 2.05) is 0 Å². The maximum Gasteiger partial charge on any atom is 0.170 e. The summed E-state index contributed by atoms with van der Waals surface area (Å²) in [6, 6.07) is 8.11. The molecule has 5 heteroatoms. The van der Waals surface area contributed by atoms with E-state index in [1.54, 1.807) is 25.3 Å². The number of halogens is 3. The Balaban J connectivity index is 2.21. The number of Topliss-reactive ketones (excluding diaryl/α,β-unsaturated/α-hetero) is 1. The molecule has 2 aromatic carbocycles. The van der Waals surface area contributed by atoms with Crippen molar-refractivity contribution in [3.63, 3.8) is 0 Å². The summed E-state index contributed by atoms with van der Waals surface area (Å²) >= 11 is 3.32. The first-order valence-electron chi connectivity index (χ1n) is 5.82. The lowest BCUT2D eigenvalue weighted by Crippen LogP contribution is -2.06. The number of rotatable bonds is 4. The molecule has 0 saturated carbocycles. The van der Waals surface area contributed by atoms with Crippen LogP contribution in [0.1, 0.15) is 15.9 Å². The molecule has 0 heterocycles. The van der Waals surface area contributed by atoms with Crippen LogP contribution in [0.15, 0.2) is 40.9 Å². The quantitative estimate of drug-likeness (QED) is 0.781. The van der Waals surface area contributed by atoms with Gasteiger partial charge in [0.05, 0.1) is 17.1 Å². The average Bonchev–Trinajstić information content (AvgIpc) is 2.38. The molecule has 2 nitrogen and oxygen atoms in total. The summed E-state index contributed by atoms with van der Waals surface area (Å²) in [5.74, 6) is -1.30. The van der Waals surface area contributed by atoms with Gasteiger partial charge in [-0.3, -0.25) is 4.79 Å². The third kappa shape index (κ3) is 3.22. The van der Waals surface area contributed by atoms with E-state index in [1.165, 1.54) is 0 Å². The van der Waals surface area contributed by atoms with Gasteiger partial charge in [0, 0.05) is 12.5 Å². The first-order valence-corrected chi connectivity index (χ1v) is 6.61. The van der Waals surface area contributed by atoms with E-state index in [-0.39, 0.29) is 12.0 Å². The van der Waals surface area contributed by atoms with Crippen LogP contribution in [-0.2, 0) is 6.42 Å². The van der Waals surface area contributed by atoms with Gasteiger partial charge in [-0.2, -0.15) is 0 Å². The van der Waals surface area contributed by atoms with Crippen molar-refractivity contribution in [2.24, 2.45) is 0 Å². The predicted octanol–water partition coefficient (Wildman–Crippen LogP) is 4.16. The molecule has 0 N–H and O–H groups in total. The summed E-state index contributed by atoms with van der Waals surface area (Å²) < 4.78 is 32.1. The Morgan fingerprint density at radius 1 is 1.20 bits per heavy atom. The zero-order valence-corrected chi connectivity index (χ0v) is 12.2. The lowest BCUT2D eigenvalue weighted by Gasteiger charge is -2.06. The van der Waals surface area contributed by atoms with Crippen molar-refractivity contribution in [3.8, 4) is 5.75 Å². The normalized spacial score (nSPS) is 10.4. The fraction of sp³-hybridized carbons (Fsp3) is 0.133. The summed E-state index contributed by atoms with van der Waals surface area (Å²) in [6.07, 6.45) is 0.0329. The molecule has 0 bridgehead atoms. The number of benzene rings is 2. The number of methoxy groups -OCH3 is 1. The minimum Gasteiger partial charge on any atom is -0.496 e. The average molecular weight is 341 g/mol. The highest BCUT2D eigenvalue weighted by atomic mass is 79.9. The molecule has 0 radical (unpaired) electrons. The fourth-order valence-corrected chi connectivity index (χ4v) is 2.40. The van der Waals surface area contributed by atoms with Gasteiger partial charge in [-0.05, 0) is 45.8 Å². The van der Waals surface area contributed by atoms with Crippen molar-refractivity contribution in [1.29, 1.82) is 0 Å². The van der Waals surface area contributed by atoms with Crippen molar-refractivity contribution in [2.75, 3.05) is 7.11 Å². The second-order valence-corrected chi connectivity index (χ2v) is 5.05. The molecule has 0 aromatic heterocycles. The van der Waals surface area contributed by atoms with Crippen LogP contribution in [0, 0.1) is 11.6 Å². The topological polar surface area (TPSA) is 26.3 Å². The third-order valence-electron chi connectivity index (χ3n) is 2.81. The highest BCUT2D eigenvalue weighted by Gasteiger charge is 2.14. The van der Waals surface area contributed by atoms with Crippen LogP contribution >= 0.6 is 15.9 Å². The number of carbonyl (C=O) groups is 1. The van der Waals surface area contributed by atoms with Crippen LogP contribution in [0.2, 0.25) is 0 Å². The van der Waals surface area contributed by atoms with E-state index in [0.29, 0.717) is 21.9 Å². The molecule has 2 aromatic rings. The second-order valence-electron chi connectivity index (χ2n) is 4.19. The molecule has 0 atom stereocenters. The number of ketones is 1. The molecule has 104 valence electrons. The molecule has 0 spiro atoms. The van der Waals surface area contributed by atoms with Gasteiger partial charge in [0.2, 0.25) is 0 Å². The number of carbonyl (C=O) groups excluding carboxylic acids is 1. The van der Waals surface area contributed by atoms with E-state index in [2.05, 4.69) is 15.9 Å². The Hall–Kier alpha value is -1.75. The Kier molecular flexibility index (Phi) is 4.49. The largest absolute Gasteiger partial charge is 0.496 e. The maximum atomic E-state index is 13.5. The van der Waals surface area contributed by atoms with E-state index in [4.69, 9.17) is 4.74 Å². The highest BCUT2D eigenvalue weighted by molar-refractivity contribution is 9.10. The van der Waals surface area contributed by atoms with Gasteiger partial charge in [0.25, 0.3) is 0 Å². The van der Waals surface area contributed by atoms with Crippen LogP contribution in [0.3, 0.4) is 0 Å². The molecule has 20 heavy (non-hydrogen) atoms. The lowest BCUT2D eigenvalue weighted by atomic mass is 10.0. The zero-order chi connectivity index (χ0) is 14.7. The van der Waals surface area contributed by atoms with Crippen LogP contribution in [0.25, 0.3) is 0 Å². The SMILES string of the molecule is COc1ccc(CC(=O)c2ccc(F)cc2F)cc1Br. The molecule has 0 aliphatic carbocycles. The third-order valence-corrected chi connectivity index (χ3v) is 3.43. The van der Waals surface area contributed by atoms with Gasteiger partial charge in [0.15, 0.2) is 5.78 Å². The van der Waals surface area contributed by atoms with E-state index in [0.717, 1.165) is 12.1 Å². The Bertz CT molecular complexity index is 656. The summed E-state index contributed by atoms with van der Waals surface area (Å²) in [5.41, 5.74) is 0.602. The van der Waals surface area contributed by atoms with Crippen molar-refractivity contribution in [3.05, 3.63) is 63.6 Å². The number of hydrogen-bond donors (Lipinski definition) is 0. The maximum absolute atomic E-state index is 13.5. The van der Waals surface area contributed by atoms with Crippen molar-refractivity contribution in [1.82, 2.24) is 0 Å². The predicted molar refractivity (Wildman–Crippen MR) is 75.1 cm³/mol. The summed E-state index contributed by atoms with van der Waals surface area (Å²) in [6.45, 7) is 0. The minimum absolute atomic E-state index is 0.0329. The molecular formula is C15H11BrF2O2. The van der Waals surface area contributed by atoms with Crippen molar-refractivity contribution < 1.29 is 18.3 Å². The van der Waals surface area contributed by atoms with Crippen LogP contribution in [0.4, 0.5) is 8.78 Å². The Labute approximate surface area is 123 Å². The molecule has 0 aliphatic heterocycles.